The van der Waals surface area contributed by atoms with Crippen molar-refractivity contribution in [1.29, 1.82) is 0 Å². The first-order valence-corrected chi connectivity index (χ1v) is 10.0. The Morgan fingerprint density at radius 3 is 2.42 bits per heavy atom. The van der Waals surface area contributed by atoms with E-state index in [1.165, 1.54) is 25.1 Å². The van der Waals surface area contributed by atoms with E-state index in [-0.39, 0.29) is 23.2 Å². The summed E-state index contributed by atoms with van der Waals surface area (Å²) in [5, 5.41) is 55.1. The van der Waals surface area contributed by atoms with Crippen molar-refractivity contribution < 1.29 is 45.4 Å². The summed E-state index contributed by atoms with van der Waals surface area (Å²) < 4.78 is 0. The number of likely N-dealkylation sites (N-methyl/N-ethyl adjacent to an activating group) is 1. The minimum Gasteiger partial charge on any atom is -0.510 e. The molecule has 0 heterocycles. The molecular formula is C22H26N2O9. The van der Waals surface area contributed by atoms with E-state index < -0.39 is 64.3 Å². The molecule has 11 heteroatoms. The summed E-state index contributed by atoms with van der Waals surface area (Å²) in [5.41, 5.74) is 2.41. The van der Waals surface area contributed by atoms with E-state index in [1.54, 1.807) is 12.1 Å². The number of primary amides is 1. The van der Waals surface area contributed by atoms with Crippen LogP contribution in [0.3, 0.4) is 0 Å². The number of hydrogen-bond donors (Lipinski definition) is 6. The lowest BCUT2D eigenvalue weighted by molar-refractivity contribution is -0.163. The highest BCUT2D eigenvalue weighted by Crippen LogP contribution is 2.55. The number of aliphatic hydroxyl groups excluding tert-OH is 3. The lowest BCUT2D eigenvalue weighted by Gasteiger charge is -2.53. The second-order valence-electron chi connectivity index (χ2n) is 8.73. The van der Waals surface area contributed by atoms with Gasteiger partial charge in [-0.1, -0.05) is 12.1 Å². The van der Waals surface area contributed by atoms with Crippen LogP contribution in [0.2, 0.25) is 0 Å². The van der Waals surface area contributed by atoms with Gasteiger partial charge >= 0.3 is 0 Å². The molecule has 1 amide bonds. The van der Waals surface area contributed by atoms with E-state index >= 15 is 0 Å². The molecule has 0 radical (unpaired) electrons. The third-order valence-electron chi connectivity index (χ3n) is 6.99. The topological polar surface area (TPSA) is 213 Å². The van der Waals surface area contributed by atoms with Gasteiger partial charge in [-0.05, 0) is 31.3 Å². The quantitative estimate of drug-likeness (QED) is 0.224. The number of Topliss-reactive ketones (excluding diaryl/α,β-unsaturated/α-hetero) is 1. The molecule has 33 heavy (non-hydrogen) atoms. The van der Waals surface area contributed by atoms with Crippen LogP contribution in [0.1, 0.15) is 17.0 Å². The number of aldehydes is 1. The Bertz CT molecular complexity index is 1110. The normalized spacial score (nSPS) is 33.1. The van der Waals surface area contributed by atoms with E-state index in [4.69, 9.17) is 5.73 Å². The maximum Gasteiger partial charge on any atom is 0.255 e. The molecule has 9 N–H and O–H groups in total. The van der Waals surface area contributed by atoms with Crippen LogP contribution >= 0.6 is 0 Å². The lowest BCUT2D eigenvalue weighted by atomic mass is 9.55. The standard InChI is InChI=1S/C22H24N2O8.H2O/c1-24(2)16-15-17(27)13-10(6-9-8(11(13)7-25)4-3-5-12(9)26)19(29)22(15,32)20(30)14(18(16)28)21(23)31;/h3-5,7,11,13,15-17,26-29,32H,6H2,1-2H3,(H2,23,31);1H2. The number of nitrogens with two attached hydrogens (primary N) is 1. The average molecular weight is 462 g/mol. The van der Waals surface area contributed by atoms with Crippen molar-refractivity contribution in [3.63, 3.8) is 0 Å². The van der Waals surface area contributed by atoms with Crippen LogP contribution in [-0.4, -0.2) is 85.7 Å². The number of phenols is 1. The maximum absolute atomic E-state index is 13.2. The Morgan fingerprint density at radius 2 is 1.88 bits per heavy atom. The smallest absolute Gasteiger partial charge is 0.255 e. The minimum absolute atomic E-state index is 0. The molecule has 0 bridgehead atoms. The number of phenolic OH excluding ortho intramolecular Hbond substituents is 1. The summed E-state index contributed by atoms with van der Waals surface area (Å²) in [5.74, 6) is -7.86. The summed E-state index contributed by atoms with van der Waals surface area (Å²) in [6, 6.07) is 3.30. The van der Waals surface area contributed by atoms with Crippen LogP contribution in [0, 0.1) is 11.8 Å². The zero-order valence-corrected chi connectivity index (χ0v) is 17.9. The molecule has 6 unspecified atom stereocenters. The van der Waals surface area contributed by atoms with Crippen molar-refractivity contribution >= 4 is 18.0 Å². The number of nitrogens with zero attached hydrogens (tertiary/aromatic N) is 1. The first kappa shape index (κ1) is 24.4. The van der Waals surface area contributed by atoms with Gasteiger partial charge in [0.1, 0.15) is 29.1 Å². The Labute approximate surface area is 188 Å². The van der Waals surface area contributed by atoms with Gasteiger partial charge in [0.25, 0.3) is 5.91 Å². The Hall–Kier alpha value is -3.25. The van der Waals surface area contributed by atoms with E-state index in [2.05, 4.69) is 0 Å². The van der Waals surface area contributed by atoms with Crippen molar-refractivity contribution in [3.05, 3.63) is 52.0 Å². The van der Waals surface area contributed by atoms with Gasteiger partial charge in [-0.3, -0.25) is 14.5 Å². The molecule has 178 valence electrons. The first-order valence-electron chi connectivity index (χ1n) is 10.0. The Balaban J connectivity index is 0.00000306. The van der Waals surface area contributed by atoms with Crippen LogP contribution in [-0.2, 0) is 20.8 Å². The van der Waals surface area contributed by atoms with Crippen molar-refractivity contribution in [3.8, 4) is 5.75 Å². The van der Waals surface area contributed by atoms with Crippen LogP contribution in [0.15, 0.2) is 40.9 Å². The van der Waals surface area contributed by atoms with Gasteiger partial charge in [0, 0.05) is 23.8 Å². The molecule has 0 fully saturated rings. The number of hydrogen-bond acceptors (Lipinski definition) is 9. The van der Waals surface area contributed by atoms with E-state index in [0.29, 0.717) is 17.4 Å². The zero-order chi connectivity index (χ0) is 23.7. The molecular weight excluding hydrogens is 436 g/mol. The molecule has 0 aliphatic heterocycles. The molecule has 0 saturated heterocycles. The highest BCUT2D eigenvalue weighted by molar-refractivity contribution is 6.24. The zero-order valence-electron chi connectivity index (χ0n) is 17.9. The second-order valence-corrected chi connectivity index (χ2v) is 8.73. The van der Waals surface area contributed by atoms with E-state index in [1.807, 2.05) is 0 Å². The van der Waals surface area contributed by atoms with E-state index in [9.17, 15) is 39.9 Å². The summed E-state index contributed by atoms with van der Waals surface area (Å²) in [6.07, 6.45) is -1.15. The Morgan fingerprint density at radius 1 is 1.24 bits per heavy atom. The third kappa shape index (κ3) is 3.00. The molecule has 0 saturated carbocycles. The van der Waals surface area contributed by atoms with Gasteiger partial charge in [0.15, 0.2) is 5.60 Å². The average Bonchev–Trinajstić information content (AvgIpc) is 2.72. The number of carbonyl (C=O) groups is 3. The largest absolute Gasteiger partial charge is 0.510 e. The molecule has 3 aliphatic rings. The predicted molar refractivity (Wildman–Crippen MR) is 113 cm³/mol. The van der Waals surface area contributed by atoms with Gasteiger partial charge in [-0.15, -0.1) is 0 Å². The third-order valence-corrected chi connectivity index (χ3v) is 6.99. The molecule has 0 spiro atoms. The van der Waals surface area contributed by atoms with Gasteiger partial charge in [-0.25, -0.2) is 0 Å². The monoisotopic (exact) mass is 462 g/mol. The number of aliphatic hydroxyl groups is 4. The van der Waals surface area contributed by atoms with Crippen LogP contribution in [0.4, 0.5) is 0 Å². The fraction of sp³-hybridized carbons (Fsp3) is 0.409. The first-order chi connectivity index (χ1) is 15.0. The molecule has 6 atom stereocenters. The van der Waals surface area contributed by atoms with Crippen molar-refractivity contribution in [2.75, 3.05) is 14.1 Å². The number of benzene rings is 1. The minimum atomic E-state index is -2.77. The number of amides is 1. The van der Waals surface area contributed by atoms with Crippen LogP contribution in [0.25, 0.3) is 0 Å². The van der Waals surface area contributed by atoms with Crippen molar-refractivity contribution in [2.24, 2.45) is 17.6 Å². The number of fused-ring (bicyclic) bond motifs is 3. The highest BCUT2D eigenvalue weighted by atomic mass is 16.4. The summed E-state index contributed by atoms with van der Waals surface area (Å²) in [4.78, 5) is 38.6. The van der Waals surface area contributed by atoms with Crippen LogP contribution < -0.4 is 5.73 Å². The molecule has 4 rings (SSSR count). The highest BCUT2D eigenvalue weighted by Gasteiger charge is 2.66. The molecule has 3 aliphatic carbocycles. The Kier molecular flexibility index (Phi) is 5.88. The predicted octanol–water partition coefficient (Wildman–Crippen LogP) is -1.63. The fourth-order valence-corrected chi connectivity index (χ4v) is 5.61. The number of ketones is 1. The SMILES string of the molecule is CN(C)C1C(O)=C(C(N)=O)C(=O)C2(O)C(O)=C3Cc4c(O)cccc4C(C=O)C3C(O)C12.O. The van der Waals surface area contributed by atoms with E-state index in [0.717, 1.165) is 0 Å². The lowest BCUT2D eigenvalue weighted by Crippen LogP contribution is -2.68. The molecule has 1 aromatic carbocycles. The van der Waals surface area contributed by atoms with Crippen molar-refractivity contribution in [2.45, 2.75) is 30.1 Å². The summed E-state index contributed by atoms with van der Waals surface area (Å²) in [6.45, 7) is 0. The number of aromatic hydroxyl groups is 1. The number of rotatable bonds is 3. The van der Waals surface area contributed by atoms with Gasteiger partial charge in [-0.2, -0.15) is 0 Å². The molecule has 11 nitrogen and oxygen atoms in total. The van der Waals surface area contributed by atoms with Gasteiger partial charge in [0.05, 0.1) is 18.1 Å². The summed E-state index contributed by atoms with van der Waals surface area (Å²) >= 11 is 0. The molecule has 1 aromatic rings. The summed E-state index contributed by atoms with van der Waals surface area (Å²) in [7, 11) is 2.98. The molecule has 0 aromatic heterocycles. The van der Waals surface area contributed by atoms with Crippen molar-refractivity contribution in [1.82, 2.24) is 4.90 Å². The number of carbonyl (C=O) groups excluding carboxylic acids is 3. The van der Waals surface area contributed by atoms with Gasteiger partial charge in [0.2, 0.25) is 5.78 Å². The maximum atomic E-state index is 13.2. The van der Waals surface area contributed by atoms with Crippen LogP contribution in [0.5, 0.6) is 5.75 Å². The second kappa shape index (κ2) is 7.96. The van der Waals surface area contributed by atoms with Gasteiger partial charge < -0.3 is 41.5 Å². The fourth-order valence-electron chi connectivity index (χ4n) is 5.61.